The Morgan fingerprint density at radius 3 is 2.60 bits per heavy atom. The van der Waals surface area contributed by atoms with Crippen LogP contribution >= 0.6 is 0 Å². The molecule has 0 aromatic carbocycles. The molecule has 7 nitrogen and oxygen atoms in total. The highest BCUT2D eigenvalue weighted by Crippen LogP contribution is 2.17. The number of rotatable bonds is 6. The van der Waals surface area contributed by atoms with Gasteiger partial charge in [-0.2, -0.15) is 5.10 Å². The zero-order valence-electron chi connectivity index (χ0n) is 12.6. The number of aromatic nitrogens is 2. The molecule has 0 radical (unpaired) electrons. The molecule has 0 atom stereocenters. The first-order valence-corrected chi connectivity index (χ1v) is 6.77. The van der Waals surface area contributed by atoms with Crippen LogP contribution in [0.15, 0.2) is 0 Å². The summed E-state index contributed by atoms with van der Waals surface area (Å²) in [6, 6.07) is 0. The lowest BCUT2D eigenvalue weighted by atomic mass is 10.2. The van der Waals surface area contributed by atoms with Gasteiger partial charge in [0.1, 0.15) is 5.69 Å². The molecule has 112 valence electrons. The van der Waals surface area contributed by atoms with Gasteiger partial charge in [-0.05, 0) is 20.3 Å². The lowest BCUT2D eigenvalue weighted by Gasteiger charge is -2.17. The molecular weight excluding hydrogens is 258 g/mol. The zero-order chi connectivity index (χ0) is 15.3. The molecule has 1 aromatic rings. The highest BCUT2D eigenvalue weighted by molar-refractivity contribution is 5.99. The zero-order valence-corrected chi connectivity index (χ0v) is 12.6. The van der Waals surface area contributed by atoms with Crippen LogP contribution in [0.25, 0.3) is 0 Å². The van der Waals surface area contributed by atoms with Gasteiger partial charge < -0.3 is 16.0 Å². The average Bonchev–Trinajstić information content (AvgIpc) is 2.71. The van der Waals surface area contributed by atoms with Crippen molar-refractivity contribution in [1.82, 2.24) is 20.0 Å². The van der Waals surface area contributed by atoms with Gasteiger partial charge in [-0.25, -0.2) is 0 Å². The van der Waals surface area contributed by atoms with Crippen LogP contribution in [0, 0.1) is 6.92 Å². The number of nitrogens with two attached hydrogens (primary N) is 1. The number of nitrogens with one attached hydrogen (secondary N) is 1. The molecule has 1 rings (SSSR count). The maximum atomic E-state index is 12.4. The highest BCUT2D eigenvalue weighted by atomic mass is 16.2. The Morgan fingerprint density at radius 2 is 2.05 bits per heavy atom. The van der Waals surface area contributed by atoms with E-state index < -0.39 is 0 Å². The molecule has 3 N–H and O–H groups in total. The maximum Gasteiger partial charge on any atom is 0.274 e. The van der Waals surface area contributed by atoms with E-state index in [2.05, 4.69) is 10.4 Å². The molecule has 0 bridgehead atoms. The number of hydrogen-bond donors (Lipinski definition) is 2. The van der Waals surface area contributed by atoms with Crippen molar-refractivity contribution in [2.45, 2.75) is 33.7 Å². The molecule has 1 aromatic heterocycles. The van der Waals surface area contributed by atoms with Crippen molar-refractivity contribution in [3.63, 3.8) is 0 Å². The largest absolute Gasteiger partial charge is 0.395 e. The molecule has 0 aliphatic heterocycles. The summed E-state index contributed by atoms with van der Waals surface area (Å²) in [5.74, 6) is -0.475. The van der Waals surface area contributed by atoms with E-state index in [0.29, 0.717) is 30.2 Å². The number of likely N-dealkylation sites (N-methyl/N-ethyl adjacent to an activating group) is 1. The monoisotopic (exact) mass is 281 g/mol. The van der Waals surface area contributed by atoms with E-state index in [4.69, 9.17) is 5.73 Å². The quantitative estimate of drug-likeness (QED) is 0.789. The van der Waals surface area contributed by atoms with Gasteiger partial charge in [0.25, 0.3) is 5.91 Å². The molecule has 0 aliphatic rings. The number of nitrogens with zero attached hydrogens (tertiary/aromatic N) is 3. The van der Waals surface area contributed by atoms with Crippen LogP contribution in [0.5, 0.6) is 0 Å². The summed E-state index contributed by atoms with van der Waals surface area (Å²) in [6.07, 6.45) is 0.859. The first-order valence-electron chi connectivity index (χ1n) is 6.77. The lowest BCUT2D eigenvalue weighted by Crippen LogP contribution is -2.39. The van der Waals surface area contributed by atoms with Crippen molar-refractivity contribution in [1.29, 1.82) is 0 Å². The Bertz CT molecular complexity index is 495. The van der Waals surface area contributed by atoms with E-state index in [9.17, 15) is 9.59 Å². The van der Waals surface area contributed by atoms with E-state index in [-0.39, 0.29) is 18.4 Å². The lowest BCUT2D eigenvalue weighted by molar-refractivity contribution is -0.121. The molecule has 2 amide bonds. The molecule has 0 unspecified atom stereocenters. The standard InChI is InChI=1S/C13H23N5O2/c1-5-7-15-10(19)8-17(4)13(20)12-11(14)9(3)16-18(12)6-2/h5-8,14H2,1-4H3,(H,15,19). The van der Waals surface area contributed by atoms with Crippen molar-refractivity contribution >= 4 is 17.5 Å². The van der Waals surface area contributed by atoms with Crippen LogP contribution in [-0.4, -0.2) is 46.6 Å². The molecule has 0 saturated heterocycles. The van der Waals surface area contributed by atoms with E-state index in [0.717, 1.165) is 6.42 Å². The van der Waals surface area contributed by atoms with Gasteiger partial charge in [0.15, 0.2) is 0 Å². The number of carbonyl (C=O) groups excluding carboxylic acids is 2. The van der Waals surface area contributed by atoms with Crippen molar-refractivity contribution in [3.05, 3.63) is 11.4 Å². The first kappa shape index (κ1) is 16.0. The van der Waals surface area contributed by atoms with Crippen LogP contribution in [0.1, 0.15) is 36.5 Å². The summed E-state index contributed by atoms with van der Waals surface area (Å²) in [5.41, 5.74) is 7.24. The number of hydrogen-bond acceptors (Lipinski definition) is 4. The summed E-state index contributed by atoms with van der Waals surface area (Å²) in [5, 5.41) is 6.94. The van der Waals surface area contributed by atoms with Gasteiger partial charge in [0.05, 0.1) is 17.9 Å². The van der Waals surface area contributed by atoms with Crippen molar-refractivity contribution < 1.29 is 9.59 Å². The van der Waals surface area contributed by atoms with Gasteiger partial charge in [-0.15, -0.1) is 0 Å². The smallest absolute Gasteiger partial charge is 0.274 e. The molecule has 0 aliphatic carbocycles. The first-order chi connectivity index (χ1) is 9.42. The van der Waals surface area contributed by atoms with Crippen molar-refractivity contribution in [2.75, 3.05) is 25.9 Å². The third kappa shape index (κ3) is 3.49. The molecule has 7 heteroatoms. The fourth-order valence-corrected chi connectivity index (χ4v) is 1.84. The van der Waals surface area contributed by atoms with Crippen molar-refractivity contribution in [2.24, 2.45) is 0 Å². The van der Waals surface area contributed by atoms with Gasteiger partial charge in [-0.3, -0.25) is 14.3 Å². The number of carbonyl (C=O) groups is 2. The minimum absolute atomic E-state index is 0.00617. The topological polar surface area (TPSA) is 93.2 Å². The van der Waals surface area contributed by atoms with Gasteiger partial charge in [-0.1, -0.05) is 6.92 Å². The van der Waals surface area contributed by atoms with Crippen LogP contribution < -0.4 is 11.1 Å². The molecule has 0 spiro atoms. The Labute approximate surface area is 119 Å². The minimum atomic E-state index is -0.295. The Morgan fingerprint density at radius 1 is 1.40 bits per heavy atom. The number of amides is 2. The number of nitrogen functional groups attached to an aromatic ring is 1. The normalized spacial score (nSPS) is 10.4. The van der Waals surface area contributed by atoms with Crippen LogP contribution in [-0.2, 0) is 11.3 Å². The summed E-state index contributed by atoms with van der Waals surface area (Å²) < 4.78 is 1.56. The fraction of sp³-hybridized carbons (Fsp3) is 0.615. The number of aryl methyl sites for hydroxylation is 2. The summed E-state index contributed by atoms with van der Waals surface area (Å²) in [7, 11) is 1.58. The number of anilines is 1. The second-order valence-electron chi connectivity index (χ2n) is 4.67. The predicted octanol–water partition coefficient (Wildman–Crippen LogP) is 0.392. The summed E-state index contributed by atoms with van der Waals surface area (Å²) >= 11 is 0. The molecule has 0 saturated carbocycles. The van der Waals surface area contributed by atoms with Crippen LogP contribution in [0.2, 0.25) is 0 Å². The van der Waals surface area contributed by atoms with E-state index in [1.807, 2.05) is 13.8 Å². The summed E-state index contributed by atoms with van der Waals surface area (Å²) in [4.78, 5) is 25.4. The van der Waals surface area contributed by atoms with E-state index >= 15 is 0 Å². The van der Waals surface area contributed by atoms with E-state index in [1.165, 1.54) is 4.90 Å². The fourth-order valence-electron chi connectivity index (χ4n) is 1.84. The minimum Gasteiger partial charge on any atom is -0.395 e. The maximum absolute atomic E-state index is 12.4. The van der Waals surface area contributed by atoms with Gasteiger partial charge >= 0.3 is 0 Å². The highest BCUT2D eigenvalue weighted by Gasteiger charge is 2.23. The Balaban J connectivity index is 2.82. The SMILES string of the molecule is CCCNC(=O)CN(C)C(=O)c1c(N)c(C)nn1CC. The van der Waals surface area contributed by atoms with Gasteiger partial charge in [0.2, 0.25) is 5.91 Å². The summed E-state index contributed by atoms with van der Waals surface area (Å²) in [6.45, 7) is 6.78. The second-order valence-corrected chi connectivity index (χ2v) is 4.67. The third-order valence-electron chi connectivity index (χ3n) is 2.98. The second kappa shape index (κ2) is 6.93. The molecule has 20 heavy (non-hydrogen) atoms. The third-order valence-corrected chi connectivity index (χ3v) is 2.98. The van der Waals surface area contributed by atoms with Crippen LogP contribution in [0.3, 0.4) is 0 Å². The average molecular weight is 281 g/mol. The van der Waals surface area contributed by atoms with Gasteiger partial charge in [0, 0.05) is 20.1 Å². The predicted molar refractivity (Wildman–Crippen MR) is 77.3 cm³/mol. The molecular formula is C13H23N5O2. The Hall–Kier alpha value is -2.05. The van der Waals surface area contributed by atoms with E-state index in [1.54, 1.807) is 18.7 Å². The molecule has 0 fully saturated rings. The Kier molecular flexibility index (Phi) is 5.54. The van der Waals surface area contributed by atoms with Crippen LogP contribution in [0.4, 0.5) is 5.69 Å². The van der Waals surface area contributed by atoms with Crippen molar-refractivity contribution in [3.8, 4) is 0 Å². The molecule has 1 heterocycles.